The van der Waals surface area contributed by atoms with Crippen LogP contribution >= 0.6 is 23.6 Å². The molecule has 4 N–H and O–H groups in total. The maximum absolute atomic E-state index is 10.9. The van der Waals surface area contributed by atoms with Crippen LogP contribution in [0.2, 0.25) is 0 Å². The predicted molar refractivity (Wildman–Crippen MR) is 51.6 cm³/mol. The minimum atomic E-state index is -0.682. The van der Waals surface area contributed by atoms with Crippen molar-refractivity contribution in [3.8, 4) is 0 Å². The third kappa shape index (κ3) is 2.59. The molecule has 1 heterocycles. The Morgan fingerprint density at radius 1 is 1.92 bits per heavy atom. The van der Waals surface area contributed by atoms with E-state index in [1.54, 1.807) is 5.38 Å². The number of nitrogens with one attached hydrogen (secondary N) is 2. The normalized spacial score (nSPS) is 12.7. The molecule has 1 aromatic heterocycles. The van der Waals surface area contributed by atoms with Crippen LogP contribution in [0.15, 0.2) is 5.38 Å². The Morgan fingerprint density at radius 3 is 3.00 bits per heavy atom. The molecule has 1 amide bonds. The van der Waals surface area contributed by atoms with Gasteiger partial charge in [-0.2, -0.15) is 5.48 Å². The van der Waals surface area contributed by atoms with Crippen molar-refractivity contribution in [2.75, 3.05) is 7.11 Å². The molecule has 72 valence electrons. The summed E-state index contributed by atoms with van der Waals surface area (Å²) in [7, 11) is 1.41. The van der Waals surface area contributed by atoms with Crippen LogP contribution in [-0.4, -0.2) is 18.0 Å². The first kappa shape index (κ1) is 10.3. The third-order valence-electron chi connectivity index (χ3n) is 1.37. The summed E-state index contributed by atoms with van der Waals surface area (Å²) in [6.45, 7) is 0. The number of nitrogens with two attached hydrogens (primary N) is 1. The van der Waals surface area contributed by atoms with Crippen molar-refractivity contribution >= 4 is 29.5 Å². The van der Waals surface area contributed by atoms with E-state index in [1.807, 2.05) is 0 Å². The van der Waals surface area contributed by atoms with E-state index in [0.717, 1.165) is 0 Å². The van der Waals surface area contributed by atoms with Crippen molar-refractivity contribution in [3.63, 3.8) is 0 Å². The van der Waals surface area contributed by atoms with Crippen molar-refractivity contribution in [3.05, 3.63) is 15.0 Å². The molecule has 0 fully saturated rings. The standard InChI is InChI=1S/C6H9N3O2S2/c1-11-9-4(5(7)10)3-2-13-6(12)8-3/h2,4,9H,1H3,(H2,7,10)(H,8,12). The smallest absolute Gasteiger partial charge is 0.243 e. The van der Waals surface area contributed by atoms with Crippen LogP contribution in [0.4, 0.5) is 0 Å². The average Bonchev–Trinajstić information content (AvgIpc) is 2.46. The molecule has 0 spiro atoms. The van der Waals surface area contributed by atoms with E-state index in [4.69, 9.17) is 18.0 Å². The number of primary amides is 1. The fraction of sp³-hybridized carbons (Fsp3) is 0.333. The summed E-state index contributed by atoms with van der Waals surface area (Å²) >= 11 is 6.20. The molecule has 0 aromatic carbocycles. The number of carbonyl (C=O) groups is 1. The van der Waals surface area contributed by atoms with Gasteiger partial charge in [-0.15, -0.1) is 11.3 Å². The van der Waals surface area contributed by atoms with Crippen molar-refractivity contribution < 1.29 is 9.63 Å². The zero-order valence-electron chi connectivity index (χ0n) is 6.87. The van der Waals surface area contributed by atoms with Gasteiger partial charge >= 0.3 is 0 Å². The van der Waals surface area contributed by atoms with E-state index >= 15 is 0 Å². The van der Waals surface area contributed by atoms with Gasteiger partial charge in [-0.3, -0.25) is 4.79 Å². The topological polar surface area (TPSA) is 80.1 Å². The molecular formula is C6H9N3O2S2. The highest BCUT2D eigenvalue weighted by atomic mass is 32.1. The second-order valence-electron chi connectivity index (χ2n) is 2.26. The maximum Gasteiger partial charge on any atom is 0.243 e. The van der Waals surface area contributed by atoms with E-state index in [9.17, 15) is 4.79 Å². The Bertz CT molecular complexity index is 346. The summed E-state index contributed by atoms with van der Waals surface area (Å²) in [6.07, 6.45) is 0. The monoisotopic (exact) mass is 219 g/mol. The van der Waals surface area contributed by atoms with E-state index in [-0.39, 0.29) is 0 Å². The highest BCUT2D eigenvalue weighted by Gasteiger charge is 2.18. The summed E-state index contributed by atoms with van der Waals surface area (Å²) in [5.74, 6) is -0.522. The summed E-state index contributed by atoms with van der Waals surface area (Å²) in [5, 5.41) is 1.73. The van der Waals surface area contributed by atoms with Gasteiger partial charge in [0.05, 0.1) is 12.8 Å². The Kier molecular flexibility index (Phi) is 3.55. The van der Waals surface area contributed by atoms with Crippen molar-refractivity contribution in [2.24, 2.45) is 5.73 Å². The number of aromatic nitrogens is 1. The number of thiazole rings is 1. The lowest BCUT2D eigenvalue weighted by atomic mass is 10.2. The molecule has 5 nitrogen and oxygen atoms in total. The number of aromatic amines is 1. The van der Waals surface area contributed by atoms with Crippen LogP contribution < -0.4 is 11.2 Å². The molecule has 0 bridgehead atoms. The lowest BCUT2D eigenvalue weighted by Gasteiger charge is -2.10. The molecule has 1 unspecified atom stereocenters. The molecule has 13 heavy (non-hydrogen) atoms. The number of H-pyrrole nitrogens is 1. The van der Waals surface area contributed by atoms with Gasteiger partial charge in [-0.05, 0) is 12.2 Å². The van der Waals surface area contributed by atoms with Crippen LogP contribution in [0.1, 0.15) is 11.7 Å². The first-order chi connectivity index (χ1) is 6.15. The summed E-state index contributed by atoms with van der Waals surface area (Å²) in [5.41, 5.74) is 8.21. The van der Waals surface area contributed by atoms with Crippen LogP contribution in [0.25, 0.3) is 0 Å². The van der Waals surface area contributed by atoms with Gasteiger partial charge in [0.25, 0.3) is 0 Å². The minimum absolute atomic E-state index is 0.522. The molecule has 0 aliphatic rings. The number of hydrogen-bond acceptors (Lipinski definition) is 5. The summed E-state index contributed by atoms with van der Waals surface area (Å²) in [4.78, 5) is 18.4. The second-order valence-corrected chi connectivity index (χ2v) is 3.81. The Hall–Kier alpha value is -0.760. The molecule has 0 aliphatic heterocycles. The number of rotatable bonds is 4. The first-order valence-electron chi connectivity index (χ1n) is 3.40. The number of amides is 1. The fourth-order valence-corrected chi connectivity index (χ4v) is 1.69. The number of hydroxylamine groups is 1. The SMILES string of the molecule is CONC(C(N)=O)c1csc(=S)[nH]1. The Labute approximate surface area is 83.9 Å². The van der Waals surface area contributed by atoms with Gasteiger partial charge in [0, 0.05) is 5.38 Å². The quantitative estimate of drug-likeness (QED) is 0.508. The highest BCUT2D eigenvalue weighted by Crippen LogP contribution is 2.13. The van der Waals surface area contributed by atoms with Gasteiger partial charge in [-0.1, -0.05) is 0 Å². The van der Waals surface area contributed by atoms with E-state index in [2.05, 4.69) is 15.3 Å². The van der Waals surface area contributed by atoms with Crippen LogP contribution in [0, 0.1) is 3.95 Å². The molecule has 0 saturated carbocycles. The second kappa shape index (κ2) is 4.47. The number of carbonyl (C=O) groups excluding carboxylic acids is 1. The van der Waals surface area contributed by atoms with Crippen molar-refractivity contribution in [1.82, 2.24) is 10.5 Å². The van der Waals surface area contributed by atoms with E-state index in [1.165, 1.54) is 18.4 Å². The first-order valence-corrected chi connectivity index (χ1v) is 4.69. The largest absolute Gasteiger partial charge is 0.368 e. The van der Waals surface area contributed by atoms with Gasteiger partial charge in [0.2, 0.25) is 5.91 Å². The predicted octanol–water partition coefficient (Wildman–Crippen LogP) is 0.483. The zero-order valence-corrected chi connectivity index (χ0v) is 8.50. The fourth-order valence-electron chi connectivity index (χ4n) is 0.827. The summed E-state index contributed by atoms with van der Waals surface area (Å²) < 4.78 is 0.596. The van der Waals surface area contributed by atoms with Gasteiger partial charge in [0.1, 0.15) is 0 Å². The Morgan fingerprint density at radius 2 is 2.62 bits per heavy atom. The van der Waals surface area contributed by atoms with Crippen LogP contribution in [0.3, 0.4) is 0 Å². The van der Waals surface area contributed by atoms with Crippen molar-refractivity contribution in [2.45, 2.75) is 6.04 Å². The highest BCUT2D eigenvalue weighted by molar-refractivity contribution is 7.73. The lowest BCUT2D eigenvalue weighted by Crippen LogP contribution is -2.33. The van der Waals surface area contributed by atoms with Gasteiger partial charge in [0.15, 0.2) is 10.00 Å². The van der Waals surface area contributed by atoms with Gasteiger partial charge in [-0.25, -0.2) is 0 Å². The molecule has 0 radical (unpaired) electrons. The van der Waals surface area contributed by atoms with Crippen molar-refractivity contribution in [1.29, 1.82) is 0 Å². The zero-order chi connectivity index (χ0) is 9.84. The molecule has 0 aliphatic carbocycles. The molecule has 0 saturated heterocycles. The van der Waals surface area contributed by atoms with E-state index < -0.39 is 11.9 Å². The Balaban J connectivity index is 2.88. The summed E-state index contributed by atoms with van der Waals surface area (Å²) in [6, 6.07) is -0.682. The molecule has 1 atom stereocenters. The molecule has 1 aromatic rings. The number of hydrogen-bond donors (Lipinski definition) is 3. The minimum Gasteiger partial charge on any atom is -0.368 e. The van der Waals surface area contributed by atoms with Gasteiger partial charge < -0.3 is 15.6 Å². The average molecular weight is 219 g/mol. The van der Waals surface area contributed by atoms with E-state index in [0.29, 0.717) is 9.65 Å². The molecule has 7 heteroatoms. The van der Waals surface area contributed by atoms with Crippen LogP contribution in [-0.2, 0) is 9.63 Å². The molecule has 1 rings (SSSR count). The molecular weight excluding hydrogens is 210 g/mol. The third-order valence-corrected chi connectivity index (χ3v) is 2.45. The maximum atomic E-state index is 10.9. The lowest BCUT2D eigenvalue weighted by molar-refractivity contribution is -0.123. The van der Waals surface area contributed by atoms with Crippen LogP contribution in [0.5, 0.6) is 0 Å².